The highest BCUT2D eigenvalue weighted by Gasteiger charge is 2.24. The molecule has 0 bridgehead atoms. The minimum atomic E-state index is -3.65. The number of hydrogen-bond donors (Lipinski definition) is 0. The number of rotatable bonds is 8. The van der Waals surface area contributed by atoms with Gasteiger partial charge in [0.15, 0.2) is 0 Å². The summed E-state index contributed by atoms with van der Waals surface area (Å²) >= 11 is 3.08. The van der Waals surface area contributed by atoms with Crippen molar-refractivity contribution in [3.63, 3.8) is 0 Å². The highest BCUT2D eigenvalue weighted by molar-refractivity contribution is 9.09. The summed E-state index contributed by atoms with van der Waals surface area (Å²) in [5.41, 5.74) is 0.877. The van der Waals surface area contributed by atoms with Crippen LogP contribution in [0.15, 0.2) is 30.3 Å². The lowest BCUT2D eigenvalue weighted by atomic mass is 10.2. The summed E-state index contributed by atoms with van der Waals surface area (Å²) in [5.74, 6) is -0.156. The lowest BCUT2D eigenvalue weighted by Crippen LogP contribution is -2.38. The van der Waals surface area contributed by atoms with Crippen molar-refractivity contribution in [2.75, 3.05) is 24.2 Å². The van der Waals surface area contributed by atoms with Crippen LogP contribution in [0.5, 0.6) is 0 Å². The van der Waals surface area contributed by atoms with E-state index in [1.54, 1.807) is 0 Å². The third-order valence-electron chi connectivity index (χ3n) is 2.56. The highest BCUT2D eigenvalue weighted by Crippen LogP contribution is 2.10. The van der Waals surface area contributed by atoms with Crippen molar-refractivity contribution in [3.05, 3.63) is 35.9 Å². The van der Waals surface area contributed by atoms with E-state index in [2.05, 4.69) is 15.9 Å². The van der Waals surface area contributed by atoms with Crippen LogP contribution in [0.25, 0.3) is 0 Å². The minimum Gasteiger partial charge on any atom is -0.212 e. The van der Waals surface area contributed by atoms with Crippen LogP contribution in [-0.2, 0) is 16.4 Å². The van der Waals surface area contributed by atoms with Gasteiger partial charge in [0.05, 0.1) is 12.3 Å². The topological polar surface area (TPSA) is 37.4 Å². The molecule has 1 rings (SSSR count). The zero-order chi connectivity index (χ0) is 14.3. The van der Waals surface area contributed by atoms with Gasteiger partial charge in [-0.05, 0) is 12.0 Å². The molecule has 0 radical (unpaired) electrons. The zero-order valence-electron chi connectivity index (χ0n) is 10.3. The van der Waals surface area contributed by atoms with E-state index in [1.807, 2.05) is 30.3 Å². The Kier molecular flexibility index (Phi) is 6.88. The van der Waals surface area contributed by atoms with Gasteiger partial charge in [0, 0.05) is 11.9 Å². The van der Waals surface area contributed by atoms with Crippen LogP contribution in [0.3, 0.4) is 0 Å². The fraction of sp³-hybridized carbons (Fsp3) is 0.500. The Bertz CT molecular complexity index is 468. The first-order valence-electron chi connectivity index (χ1n) is 5.81. The molecule has 0 aliphatic carbocycles. The van der Waals surface area contributed by atoms with E-state index >= 15 is 0 Å². The molecule has 0 aliphatic rings. The summed E-state index contributed by atoms with van der Waals surface area (Å²) in [4.78, 5) is 0. The second-order valence-corrected chi connectivity index (χ2v) is 6.87. The number of sulfonamides is 1. The Balaban J connectivity index is 2.66. The molecule has 0 atom stereocenters. The van der Waals surface area contributed by atoms with Crippen LogP contribution in [0.1, 0.15) is 5.56 Å². The van der Waals surface area contributed by atoms with E-state index in [0.717, 1.165) is 9.87 Å². The molecule has 0 aromatic heterocycles. The first-order valence-corrected chi connectivity index (χ1v) is 8.54. The molecule has 0 N–H and O–H groups in total. The van der Waals surface area contributed by atoms with Crippen molar-refractivity contribution in [3.8, 4) is 0 Å². The van der Waals surface area contributed by atoms with Crippen LogP contribution >= 0.6 is 15.9 Å². The lowest BCUT2D eigenvalue weighted by Gasteiger charge is -2.20. The number of halogens is 3. The number of alkyl halides is 3. The molecular formula is C12H16BrF2NO2S. The molecule has 0 unspecified atom stereocenters. The summed E-state index contributed by atoms with van der Waals surface area (Å²) in [6.45, 7) is -0.690. The fourth-order valence-electron chi connectivity index (χ4n) is 1.61. The van der Waals surface area contributed by atoms with Gasteiger partial charge in [0.2, 0.25) is 10.0 Å². The highest BCUT2D eigenvalue weighted by atomic mass is 79.9. The van der Waals surface area contributed by atoms with Crippen LogP contribution in [0.2, 0.25) is 0 Å². The van der Waals surface area contributed by atoms with Gasteiger partial charge >= 0.3 is 0 Å². The quantitative estimate of drug-likeness (QED) is 0.672. The van der Waals surface area contributed by atoms with E-state index in [0.29, 0.717) is 11.8 Å². The molecule has 1 aromatic rings. The normalized spacial score (nSPS) is 12.3. The first-order chi connectivity index (χ1) is 8.95. The summed E-state index contributed by atoms with van der Waals surface area (Å²) < 4.78 is 49.6. The number of hydrogen-bond acceptors (Lipinski definition) is 2. The SMILES string of the molecule is O=S(=O)(CCc1ccccc1)N(CCBr)CC(F)F. The van der Waals surface area contributed by atoms with Crippen LogP contribution < -0.4 is 0 Å². The van der Waals surface area contributed by atoms with Gasteiger partial charge in [0.25, 0.3) is 6.43 Å². The molecule has 0 spiro atoms. The standard InChI is InChI=1S/C12H16BrF2NO2S/c13-7-8-16(10-12(14)15)19(17,18)9-6-11-4-2-1-3-5-11/h1-5,12H,6-10H2. The number of nitrogens with zero attached hydrogens (tertiary/aromatic N) is 1. The first kappa shape index (κ1) is 16.5. The molecule has 0 fully saturated rings. The van der Waals surface area contributed by atoms with Gasteiger partial charge < -0.3 is 0 Å². The van der Waals surface area contributed by atoms with Crippen LogP contribution in [-0.4, -0.2) is 43.3 Å². The van der Waals surface area contributed by atoms with Gasteiger partial charge in [-0.3, -0.25) is 0 Å². The molecule has 108 valence electrons. The van der Waals surface area contributed by atoms with E-state index in [9.17, 15) is 17.2 Å². The van der Waals surface area contributed by atoms with Crippen molar-refractivity contribution in [1.29, 1.82) is 0 Å². The van der Waals surface area contributed by atoms with Gasteiger partial charge in [-0.1, -0.05) is 46.3 Å². The Labute approximate surface area is 120 Å². The molecule has 0 amide bonds. The maximum atomic E-state index is 12.4. The van der Waals surface area contributed by atoms with Gasteiger partial charge in [-0.2, -0.15) is 4.31 Å². The Morgan fingerprint density at radius 3 is 2.37 bits per heavy atom. The molecular weight excluding hydrogens is 340 g/mol. The summed E-state index contributed by atoms with van der Waals surface area (Å²) in [7, 11) is -3.65. The predicted octanol–water partition coefficient (Wildman–Crippen LogP) is 2.52. The molecule has 0 saturated heterocycles. The van der Waals surface area contributed by atoms with Crippen molar-refractivity contribution < 1.29 is 17.2 Å². The van der Waals surface area contributed by atoms with Crippen molar-refractivity contribution >= 4 is 26.0 Å². The van der Waals surface area contributed by atoms with E-state index in [4.69, 9.17) is 0 Å². The minimum absolute atomic E-state index is 0.0570. The predicted molar refractivity (Wildman–Crippen MR) is 75.3 cm³/mol. The van der Waals surface area contributed by atoms with Crippen molar-refractivity contribution in [2.24, 2.45) is 0 Å². The molecule has 1 aromatic carbocycles. The molecule has 0 saturated carbocycles. The summed E-state index contributed by atoms with van der Waals surface area (Å²) in [6.07, 6.45) is -2.34. The smallest absolute Gasteiger partial charge is 0.212 e. The summed E-state index contributed by atoms with van der Waals surface area (Å²) in [6, 6.07) is 9.11. The third-order valence-corrected chi connectivity index (χ3v) is 4.75. The van der Waals surface area contributed by atoms with E-state index in [1.165, 1.54) is 0 Å². The van der Waals surface area contributed by atoms with Crippen molar-refractivity contribution in [2.45, 2.75) is 12.8 Å². The average molecular weight is 356 g/mol. The summed E-state index contributed by atoms with van der Waals surface area (Å²) in [5, 5.41) is 0.338. The van der Waals surface area contributed by atoms with E-state index in [-0.39, 0.29) is 12.3 Å². The van der Waals surface area contributed by atoms with Gasteiger partial charge in [-0.25, -0.2) is 17.2 Å². The van der Waals surface area contributed by atoms with Gasteiger partial charge in [0.1, 0.15) is 0 Å². The zero-order valence-corrected chi connectivity index (χ0v) is 12.7. The third kappa shape index (κ3) is 5.97. The largest absolute Gasteiger partial charge is 0.252 e. The molecule has 0 heterocycles. The monoisotopic (exact) mass is 355 g/mol. The Hall–Kier alpha value is -0.530. The van der Waals surface area contributed by atoms with Crippen LogP contribution in [0.4, 0.5) is 8.78 Å². The average Bonchev–Trinajstić information content (AvgIpc) is 2.37. The fourth-order valence-corrected chi connectivity index (χ4v) is 3.74. The van der Waals surface area contributed by atoms with Gasteiger partial charge in [-0.15, -0.1) is 0 Å². The number of aryl methyl sites for hydroxylation is 1. The van der Waals surface area contributed by atoms with Crippen molar-refractivity contribution in [1.82, 2.24) is 4.31 Å². The molecule has 3 nitrogen and oxygen atoms in total. The maximum absolute atomic E-state index is 12.4. The molecule has 19 heavy (non-hydrogen) atoms. The van der Waals surface area contributed by atoms with Crippen LogP contribution in [0, 0.1) is 0 Å². The lowest BCUT2D eigenvalue weighted by molar-refractivity contribution is 0.121. The number of benzene rings is 1. The molecule has 0 aliphatic heterocycles. The Morgan fingerprint density at radius 2 is 1.84 bits per heavy atom. The second-order valence-electron chi connectivity index (χ2n) is 3.99. The van der Waals surface area contributed by atoms with E-state index < -0.39 is 23.0 Å². The molecule has 7 heteroatoms. The maximum Gasteiger partial charge on any atom is 0.252 e. The second kappa shape index (κ2) is 7.91. The Morgan fingerprint density at radius 1 is 1.21 bits per heavy atom.